The number of fused-ring (bicyclic) bond motifs is 1. The number of hydrogen-bond acceptors (Lipinski definition) is 3. The van der Waals surface area contributed by atoms with E-state index >= 15 is 0 Å². The van der Waals surface area contributed by atoms with Crippen LogP contribution in [0.15, 0.2) is 24.3 Å². The maximum absolute atomic E-state index is 6.27. The first kappa shape index (κ1) is 12.6. The van der Waals surface area contributed by atoms with Gasteiger partial charge < -0.3 is 15.0 Å². The first-order valence-electron chi connectivity index (χ1n) is 6.97. The average Bonchev–Trinajstić information content (AvgIpc) is 3.00. The fourth-order valence-corrected chi connectivity index (χ4v) is 2.89. The number of nitrogens with zero attached hydrogens (tertiary/aromatic N) is 2. The molecule has 4 nitrogen and oxygen atoms in total. The molecule has 4 heteroatoms. The number of para-hydroxylation sites is 2. The van der Waals surface area contributed by atoms with Gasteiger partial charge in [0.2, 0.25) is 0 Å². The predicted octanol–water partition coefficient (Wildman–Crippen LogP) is 1.87. The molecular weight excluding hydrogens is 238 g/mol. The molecule has 0 spiro atoms. The van der Waals surface area contributed by atoms with Crippen molar-refractivity contribution in [3.8, 4) is 0 Å². The summed E-state index contributed by atoms with van der Waals surface area (Å²) >= 11 is 0. The highest BCUT2D eigenvalue weighted by atomic mass is 16.5. The first-order valence-corrected chi connectivity index (χ1v) is 6.97. The third-order valence-corrected chi connectivity index (χ3v) is 3.98. The highest BCUT2D eigenvalue weighted by molar-refractivity contribution is 5.75. The summed E-state index contributed by atoms with van der Waals surface area (Å²) in [5, 5.41) is 0. The second-order valence-corrected chi connectivity index (χ2v) is 5.51. The smallest absolute Gasteiger partial charge is 0.111 e. The van der Waals surface area contributed by atoms with Gasteiger partial charge in [-0.2, -0.15) is 0 Å². The lowest BCUT2D eigenvalue weighted by atomic mass is 9.98. The van der Waals surface area contributed by atoms with Crippen LogP contribution in [0.5, 0.6) is 0 Å². The molecule has 2 atom stereocenters. The van der Waals surface area contributed by atoms with Crippen molar-refractivity contribution in [2.45, 2.75) is 25.3 Å². The number of nitrogens with two attached hydrogens (primary N) is 1. The van der Waals surface area contributed by atoms with Gasteiger partial charge in [-0.25, -0.2) is 4.98 Å². The molecule has 3 rings (SSSR count). The number of aromatic nitrogens is 2. The van der Waals surface area contributed by atoms with Crippen LogP contribution in [0.3, 0.4) is 0 Å². The molecule has 0 radical (unpaired) electrons. The van der Waals surface area contributed by atoms with Crippen LogP contribution in [-0.4, -0.2) is 28.8 Å². The molecule has 0 bridgehead atoms. The van der Waals surface area contributed by atoms with Crippen molar-refractivity contribution in [3.05, 3.63) is 30.1 Å². The van der Waals surface area contributed by atoms with Crippen molar-refractivity contribution in [1.82, 2.24) is 9.55 Å². The van der Waals surface area contributed by atoms with Gasteiger partial charge in [-0.1, -0.05) is 12.1 Å². The molecule has 2 heterocycles. The molecule has 19 heavy (non-hydrogen) atoms. The van der Waals surface area contributed by atoms with Gasteiger partial charge in [0, 0.05) is 32.7 Å². The molecule has 1 fully saturated rings. The zero-order valence-corrected chi connectivity index (χ0v) is 11.4. The molecule has 1 aromatic heterocycles. The minimum Gasteiger partial charge on any atom is -0.381 e. The van der Waals surface area contributed by atoms with Gasteiger partial charge in [-0.05, 0) is 30.9 Å². The van der Waals surface area contributed by atoms with Gasteiger partial charge >= 0.3 is 0 Å². The number of imidazole rings is 1. The molecule has 1 aliphatic rings. The van der Waals surface area contributed by atoms with E-state index in [1.807, 2.05) is 12.1 Å². The van der Waals surface area contributed by atoms with E-state index < -0.39 is 0 Å². The van der Waals surface area contributed by atoms with Crippen LogP contribution in [0.2, 0.25) is 0 Å². The Labute approximate surface area is 113 Å². The van der Waals surface area contributed by atoms with E-state index in [1.165, 1.54) is 5.52 Å². The van der Waals surface area contributed by atoms with E-state index in [2.05, 4.69) is 28.7 Å². The van der Waals surface area contributed by atoms with Crippen LogP contribution in [0.25, 0.3) is 11.0 Å². The molecule has 1 aromatic carbocycles. The minimum absolute atomic E-state index is 0.169. The Morgan fingerprint density at radius 2 is 2.32 bits per heavy atom. The number of benzene rings is 1. The lowest BCUT2D eigenvalue weighted by Crippen LogP contribution is -2.27. The Balaban J connectivity index is 1.71. The van der Waals surface area contributed by atoms with Crippen molar-refractivity contribution in [2.24, 2.45) is 18.7 Å². The normalized spacial score (nSPS) is 21.1. The van der Waals surface area contributed by atoms with Gasteiger partial charge in [0.1, 0.15) is 5.82 Å². The third kappa shape index (κ3) is 2.65. The molecule has 2 N–H and O–H groups in total. The summed E-state index contributed by atoms with van der Waals surface area (Å²) in [6.07, 6.45) is 3.02. The van der Waals surface area contributed by atoms with Crippen molar-refractivity contribution >= 4 is 11.0 Å². The predicted molar refractivity (Wildman–Crippen MR) is 75.9 cm³/mol. The lowest BCUT2D eigenvalue weighted by molar-refractivity contribution is 0.182. The Hall–Kier alpha value is -1.39. The van der Waals surface area contributed by atoms with Crippen molar-refractivity contribution in [3.63, 3.8) is 0 Å². The number of hydrogen-bond donors (Lipinski definition) is 1. The maximum Gasteiger partial charge on any atom is 0.111 e. The molecule has 0 aliphatic carbocycles. The van der Waals surface area contributed by atoms with Crippen LogP contribution in [0, 0.1) is 5.92 Å². The SMILES string of the molecule is Cn1c(CC(N)CC2CCOC2)nc2ccccc21. The van der Waals surface area contributed by atoms with Gasteiger partial charge in [0.05, 0.1) is 11.0 Å². The second kappa shape index (κ2) is 5.31. The Bertz CT molecular complexity index is 558. The van der Waals surface area contributed by atoms with Crippen LogP contribution < -0.4 is 5.73 Å². The van der Waals surface area contributed by atoms with Gasteiger partial charge in [-0.3, -0.25) is 0 Å². The Morgan fingerprint density at radius 1 is 1.47 bits per heavy atom. The number of aryl methyl sites for hydroxylation is 1. The van der Waals surface area contributed by atoms with Crippen molar-refractivity contribution in [2.75, 3.05) is 13.2 Å². The third-order valence-electron chi connectivity index (χ3n) is 3.98. The van der Waals surface area contributed by atoms with Crippen LogP contribution in [0.1, 0.15) is 18.7 Å². The lowest BCUT2D eigenvalue weighted by Gasteiger charge is -2.15. The first-order chi connectivity index (χ1) is 9.24. The molecule has 0 saturated carbocycles. The standard InChI is InChI=1S/C15H21N3O/c1-18-14-5-3-2-4-13(14)17-15(18)9-12(16)8-11-6-7-19-10-11/h2-5,11-12H,6-10,16H2,1H3. The van der Waals surface area contributed by atoms with Gasteiger partial charge in [0.25, 0.3) is 0 Å². The van der Waals surface area contributed by atoms with Crippen LogP contribution in [0.4, 0.5) is 0 Å². The Morgan fingerprint density at radius 3 is 3.05 bits per heavy atom. The summed E-state index contributed by atoms with van der Waals surface area (Å²) in [7, 11) is 2.07. The van der Waals surface area contributed by atoms with E-state index in [4.69, 9.17) is 10.5 Å². The van der Waals surface area contributed by atoms with E-state index in [0.29, 0.717) is 5.92 Å². The summed E-state index contributed by atoms with van der Waals surface area (Å²) in [6.45, 7) is 1.76. The molecular formula is C15H21N3O. The zero-order chi connectivity index (χ0) is 13.2. The second-order valence-electron chi connectivity index (χ2n) is 5.51. The van der Waals surface area contributed by atoms with Gasteiger partial charge in [-0.15, -0.1) is 0 Å². The van der Waals surface area contributed by atoms with Crippen molar-refractivity contribution < 1.29 is 4.74 Å². The fourth-order valence-electron chi connectivity index (χ4n) is 2.89. The molecule has 2 unspecified atom stereocenters. The summed E-state index contributed by atoms with van der Waals surface area (Å²) in [5.41, 5.74) is 8.49. The number of rotatable bonds is 4. The van der Waals surface area contributed by atoms with E-state index in [0.717, 1.165) is 43.8 Å². The van der Waals surface area contributed by atoms with Crippen LogP contribution >= 0.6 is 0 Å². The quantitative estimate of drug-likeness (QED) is 0.912. The summed E-state index contributed by atoms with van der Waals surface area (Å²) < 4.78 is 7.56. The molecule has 1 aliphatic heterocycles. The Kier molecular flexibility index (Phi) is 3.53. The summed E-state index contributed by atoms with van der Waals surface area (Å²) in [6, 6.07) is 8.39. The van der Waals surface area contributed by atoms with E-state index in [-0.39, 0.29) is 6.04 Å². The van der Waals surface area contributed by atoms with Crippen molar-refractivity contribution in [1.29, 1.82) is 0 Å². The molecule has 0 amide bonds. The van der Waals surface area contributed by atoms with E-state index in [9.17, 15) is 0 Å². The average molecular weight is 259 g/mol. The summed E-state index contributed by atoms with van der Waals surface area (Å²) in [5.74, 6) is 1.71. The highest BCUT2D eigenvalue weighted by Gasteiger charge is 2.20. The molecule has 1 saturated heterocycles. The topological polar surface area (TPSA) is 53.1 Å². The van der Waals surface area contributed by atoms with Crippen LogP contribution in [-0.2, 0) is 18.2 Å². The number of ether oxygens (including phenoxy) is 1. The molecule has 102 valence electrons. The molecule has 2 aromatic rings. The fraction of sp³-hybridized carbons (Fsp3) is 0.533. The highest BCUT2D eigenvalue weighted by Crippen LogP contribution is 2.20. The maximum atomic E-state index is 6.27. The monoisotopic (exact) mass is 259 g/mol. The summed E-state index contributed by atoms with van der Waals surface area (Å²) in [4.78, 5) is 4.68. The van der Waals surface area contributed by atoms with E-state index in [1.54, 1.807) is 0 Å². The zero-order valence-electron chi connectivity index (χ0n) is 11.4. The largest absolute Gasteiger partial charge is 0.381 e. The minimum atomic E-state index is 0.169. The van der Waals surface area contributed by atoms with Gasteiger partial charge in [0.15, 0.2) is 0 Å².